The monoisotopic (exact) mass is 302 g/mol. The molecule has 6 heteroatoms. The van der Waals surface area contributed by atoms with Crippen molar-refractivity contribution in [3.63, 3.8) is 0 Å². The molecule has 0 bridgehead atoms. The van der Waals surface area contributed by atoms with E-state index in [1.807, 2.05) is 32.0 Å². The standard InChI is InChI=1S/C13H19ClN2O2S/c1-8-5-6-11(10(14)7-8)16-13(19)15-9(2)12(17-3)18-4/h5-7,9,12H,1-4H3,(H2,15,16,19). The van der Waals surface area contributed by atoms with Crippen molar-refractivity contribution >= 4 is 34.6 Å². The van der Waals surface area contributed by atoms with Gasteiger partial charge in [0.25, 0.3) is 0 Å². The third-order valence-electron chi connectivity index (χ3n) is 2.60. The molecule has 1 aromatic rings. The zero-order valence-electron chi connectivity index (χ0n) is 11.5. The van der Waals surface area contributed by atoms with E-state index in [1.54, 1.807) is 14.2 Å². The summed E-state index contributed by atoms with van der Waals surface area (Å²) in [5.41, 5.74) is 1.87. The first-order chi connectivity index (χ1) is 8.97. The Balaban J connectivity index is 2.60. The first-order valence-electron chi connectivity index (χ1n) is 5.87. The highest BCUT2D eigenvalue weighted by Gasteiger charge is 2.16. The summed E-state index contributed by atoms with van der Waals surface area (Å²) >= 11 is 11.4. The van der Waals surface area contributed by atoms with Crippen LogP contribution >= 0.6 is 23.8 Å². The molecule has 1 rings (SSSR count). The van der Waals surface area contributed by atoms with E-state index >= 15 is 0 Å². The van der Waals surface area contributed by atoms with Gasteiger partial charge in [0.15, 0.2) is 11.4 Å². The van der Waals surface area contributed by atoms with Crippen LogP contribution in [0, 0.1) is 6.92 Å². The Morgan fingerprint density at radius 2 is 1.95 bits per heavy atom. The second kappa shape index (κ2) is 7.65. The zero-order valence-corrected chi connectivity index (χ0v) is 13.1. The average Bonchev–Trinajstić information content (AvgIpc) is 2.34. The van der Waals surface area contributed by atoms with Crippen LogP contribution in [0.25, 0.3) is 0 Å². The molecule has 0 spiro atoms. The van der Waals surface area contributed by atoms with Crippen molar-refractivity contribution in [2.45, 2.75) is 26.2 Å². The number of rotatable bonds is 5. The third kappa shape index (κ3) is 4.95. The molecule has 0 aromatic heterocycles. The first kappa shape index (κ1) is 16.2. The van der Waals surface area contributed by atoms with Crippen LogP contribution in [0.5, 0.6) is 0 Å². The molecule has 19 heavy (non-hydrogen) atoms. The van der Waals surface area contributed by atoms with Crippen molar-refractivity contribution in [2.75, 3.05) is 19.5 Å². The molecule has 0 aliphatic carbocycles. The number of nitrogens with one attached hydrogen (secondary N) is 2. The van der Waals surface area contributed by atoms with Gasteiger partial charge < -0.3 is 20.1 Å². The van der Waals surface area contributed by atoms with Crippen LogP contribution in [0.4, 0.5) is 5.69 Å². The topological polar surface area (TPSA) is 42.5 Å². The van der Waals surface area contributed by atoms with Crippen molar-refractivity contribution in [2.24, 2.45) is 0 Å². The highest BCUT2D eigenvalue weighted by molar-refractivity contribution is 7.80. The molecule has 0 radical (unpaired) electrons. The molecule has 0 saturated carbocycles. The number of anilines is 1. The lowest BCUT2D eigenvalue weighted by atomic mass is 10.2. The van der Waals surface area contributed by atoms with E-state index in [4.69, 9.17) is 33.3 Å². The largest absolute Gasteiger partial charge is 0.355 e. The Morgan fingerprint density at radius 3 is 2.47 bits per heavy atom. The minimum Gasteiger partial charge on any atom is -0.355 e. The summed E-state index contributed by atoms with van der Waals surface area (Å²) < 4.78 is 10.3. The first-order valence-corrected chi connectivity index (χ1v) is 6.65. The van der Waals surface area contributed by atoms with E-state index in [1.165, 1.54) is 0 Å². The zero-order chi connectivity index (χ0) is 14.4. The highest BCUT2D eigenvalue weighted by atomic mass is 35.5. The number of hydrogen-bond donors (Lipinski definition) is 2. The summed E-state index contributed by atoms with van der Waals surface area (Å²) in [5.74, 6) is 0. The van der Waals surface area contributed by atoms with Crippen molar-refractivity contribution in [1.29, 1.82) is 0 Å². The van der Waals surface area contributed by atoms with Crippen LogP contribution in [0.1, 0.15) is 12.5 Å². The lowest BCUT2D eigenvalue weighted by molar-refractivity contribution is -0.116. The molecule has 0 heterocycles. The fourth-order valence-electron chi connectivity index (χ4n) is 1.66. The summed E-state index contributed by atoms with van der Waals surface area (Å²) in [4.78, 5) is 0. The van der Waals surface area contributed by atoms with Crippen LogP contribution in [0.2, 0.25) is 5.02 Å². The van der Waals surface area contributed by atoms with Gasteiger partial charge >= 0.3 is 0 Å². The summed E-state index contributed by atoms with van der Waals surface area (Å²) in [6.07, 6.45) is -0.367. The Labute approximate surface area is 124 Å². The second-order valence-electron chi connectivity index (χ2n) is 4.21. The Morgan fingerprint density at radius 1 is 1.32 bits per heavy atom. The number of halogens is 1. The van der Waals surface area contributed by atoms with Crippen molar-refractivity contribution in [1.82, 2.24) is 5.32 Å². The van der Waals surface area contributed by atoms with Gasteiger partial charge in [-0.3, -0.25) is 0 Å². The highest BCUT2D eigenvalue weighted by Crippen LogP contribution is 2.22. The number of thiocarbonyl (C=S) groups is 1. The summed E-state index contributed by atoms with van der Waals surface area (Å²) in [6, 6.07) is 5.65. The third-order valence-corrected chi connectivity index (χ3v) is 3.14. The molecule has 4 nitrogen and oxygen atoms in total. The maximum Gasteiger partial charge on any atom is 0.176 e. The summed E-state index contributed by atoms with van der Waals surface area (Å²) in [5, 5.41) is 7.23. The number of benzene rings is 1. The maximum atomic E-state index is 6.13. The van der Waals surface area contributed by atoms with E-state index in [9.17, 15) is 0 Å². The van der Waals surface area contributed by atoms with E-state index < -0.39 is 0 Å². The number of aryl methyl sites for hydroxylation is 1. The van der Waals surface area contributed by atoms with Gasteiger partial charge in [0.2, 0.25) is 0 Å². The minimum absolute atomic E-state index is 0.0841. The maximum absolute atomic E-state index is 6.13. The van der Waals surface area contributed by atoms with Crippen LogP contribution < -0.4 is 10.6 Å². The second-order valence-corrected chi connectivity index (χ2v) is 5.03. The molecule has 0 saturated heterocycles. The SMILES string of the molecule is COC(OC)C(C)NC(=S)Nc1ccc(C)cc1Cl. The van der Waals surface area contributed by atoms with Crippen LogP contribution in [0.3, 0.4) is 0 Å². The Hall–Kier alpha value is -0.880. The summed E-state index contributed by atoms with van der Waals surface area (Å²) in [6.45, 7) is 3.90. The lowest BCUT2D eigenvalue weighted by Gasteiger charge is -2.23. The van der Waals surface area contributed by atoms with Gasteiger partial charge in [-0.25, -0.2) is 0 Å². The number of methoxy groups -OCH3 is 2. The Kier molecular flexibility index (Phi) is 6.51. The molecule has 0 fully saturated rings. The molecule has 2 N–H and O–H groups in total. The van der Waals surface area contributed by atoms with E-state index in [2.05, 4.69) is 10.6 Å². The molecule has 1 unspecified atom stereocenters. The fraction of sp³-hybridized carbons (Fsp3) is 0.462. The molecular formula is C13H19ClN2O2S. The van der Waals surface area contributed by atoms with E-state index in [0.717, 1.165) is 11.3 Å². The molecule has 0 aliphatic heterocycles. The predicted octanol–water partition coefficient (Wildman–Crippen LogP) is 2.94. The quantitative estimate of drug-likeness (QED) is 0.646. The van der Waals surface area contributed by atoms with Crippen molar-refractivity contribution in [3.8, 4) is 0 Å². The van der Waals surface area contributed by atoms with Gasteiger partial charge in [-0.15, -0.1) is 0 Å². The normalized spacial score (nSPS) is 12.3. The Bertz CT molecular complexity index is 439. The molecule has 1 aromatic carbocycles. The minimum atomic E-state index is -0.367. The van der Waals surface area contributed by atoms with Crippen molar-refractivity contribution < 1.29 is 9.47 Å². The lowest BCUT2D eigenvalue weighted by Crippen LogP contribution is -2.44. The predicted molar refractivity (Wildman–Crippen MR) is 82.8 cm³/mol. The molecule has 1 atom stereocenters. The van der Waals surface area contributed by atoms with Crippen LogP contribution in [-0.2, 0) is 9.47 Å². The van der Waals surface area contributed by atoms with Gasteiger partial charge in [-0.2, -0.15) is 0 Å². The molecule has 0 aliphatic rings. The molecular weight excluding hydrogens is 284 g/mol. The van der Waals surface area contributed by atoms with Gasteiger partial charge in [0.05, 0.1) is 16.8 Å². The van der Waals surface area contributed by atoms with E-state index in [0.29, 0.717) is 10.1 Å². The van der Waals surface area contributed by atoms with Crippen LogP contribution in [-0.4, -0.2) is 31.7 Å². The molecule has 0 amide bonds. The van der Waals surface area contributed by atoms with Gasteiger partial charge in [0, 0.05) is 14.2 Å². The number of hydrogen-bond acceptors (Lipinski definition) is 3. The van der Waals surface area contributed by atoms with Crippen LogP contribution in [0.15, 0.2) is 18.2 Å². The molecule has 106 valence electrons. The fourth-order valence-corrected chi connectivity index (χ4v) is 2.24. The summed E-state index contributed by atoms with van der Waals surface area (Å²) in [7, 11) is 3.17. The van der Waals surface area contributed by atoms with Gasteiger partial charge in [-0.1, -0.05) is 17.7 Å². The number of ether oxygens (including phenoxy) is 2. The van der Waals surface area contributed by atoms with E-state index in [-0.39, 0.29) is 12.3 Å². The smallest absolute Gasteiger partial charge is 0.176 e. The average molecular weight is 303 g/mol. The van der Waals surface area contributed by atoms with Gasteiger partial charge in [0.1, 0.15) is 0 Å². The van der Waals surface area contributed by atoms with Crippen molar-refractivity contribution in [3.05, 3.63) is 28.8 Å². The van der Waals surface area contributed by atoms with Gasteiger partial charge in [-0.05, 0) is 43.8 Å².